The Morgan fingerprint density at radius 1 is 1.21 bits per heavy atom. The van der Waals surface area contributed by atoms with Crippen LogP contribution in [0.2, 0.25) is 0 Å². The first-order chi connectivity index (χ1) is 14.1. The lowest BCUT2D eigenvalue weighted by Crippen LogP contribution is -2.48. The van der Waals surface area contributed by atoms with Crippen molar-refractivity contribution in [3.8, 4) is 0 Å². The summed E-state index contributed by atoms with van der Waals surface area (Å²) in [5.74, 6) is 0.642. The minimum absolute atomic E-state index is 0.00791. The van der Waals surface area contributed by atoms with Crippen LogP contribution >= 0.6 is 11.5 Å². The van der Waals surface area contributed by atoms with E-state index >= 15 is 0 Å². The van der Waals surface area contributed by atoms with E-state index in [0.717, 1.165) is 42.4 Å². The van der Waals surface area contributed by atoms with Crippen molar-refractivity contribution in [2.75, 3.05) is 31.1 Å². The third-order valence-electron chi connectivity index (χ3n) is 5.74. The Morgan fingerprint density at radius 3 is 2.69 bits per heavy atom. The molecule has 8 nitrogen and oxygen atoms in total. The van der Waals surface area contributed by atoms with Crippen LogP contribution in [0.25, 0.3) is 10.9 Å². The zero-order valence-corrected chi connectivity index (χ0v) is 17.1. The van der Waals surface area contributed by atoms with Gasteiger partial charge in [-0.05, 0) is 55.4 Å². The molecule has 150 valence electrons. The molecule has 1 saturated carbocycles. The topological polar surface area (TPSA) is 84.2 Å². The van der Waals surface area contributed by atoms with Crippen LogP contribution in [0.1, 0.15) is 28.2 Å². The van der Waals surface area contributed by atoms with Crippen LogP contribution in [0.4, 0.5) is 5.69 Å². The Labute approximate surface area is 171 Å². The minimum Gasteiger partial charge on any atom is -0.368 e. The minimum atomic E-state index is 0.00791. The second-order valence-electron chi connectivity index (χ2n) is 7.81. The van der Waals surface area contributed by atoms with E-state index in [0.29, 0.717) is 35.0 Å². The number of nitrogens with zero attached hydrogens (tertiary/aromatic N) is 6. The van der Waals surface area contributed by atoms with Crippen molar-refractivity contribution in [2.24, 2.45) is 5.92 Å². The van der Waals surface area contributed by atoms with Gasteiger partial charge in [0.25, 0.3) is 11.5 Å². The quantitative estimate of drug-likeness (QED) is 0.654. The predicted molar refractivity (Wildman–Crippen MR) is 111 cm³/mol. The van der Waals surface area contributed by atoms with Crippen molar-refractivity contribution in [3.05, 3.63) is 45.5 Å². The number of hydrogen-bond acceptors (Lipinski definition) is 7. The van der Waals surface area contributed by atoms with Crippen molar-refractivity contribution >= 4 is 34.0 Å². The van der Waals surface area contributed by atoms with E-state index in [1.807, 2.05) is 30.0 Å². The molecule has 0 N–H and O–H groups in total. The molecule has 0 radical (unpaired) electrons. The third-order valence-corrected chi connectivity index (χ3v) is 6.55. The molecule has 1 aliphatic heterocycles. The second-order valence-corrected chi connectivity index (χ2v) is 8.57. The largest absolute Gasteiger partial charge is 0.368 e. The van der Waals surface area contributed by atoms with Gasteiger partial charge in [-0.2, -0.15) is 0 Å². The van der Waals surface area contributed by atoms with Crippen molar-refractivity contribution < 1.29 is 4.79 Å². The lowest BCUT2D eigenvalue weighted by Gasteiger charge is -2.36. The van der Waals surface area contributed by atoms with E-state index in [2.05, 4.69) is 19.5 Å². The average molecular weight is 411 g/mol. The molecule has 0 atom stereocenters. The van der Waals surface area contributed by atoms with Gasteiger partial charge in [-0.1, -0.05) is 4.49 Å². The maximum Gasteiger partial charge on any atom is 0.267 e. The van der Waals surface area contributed by atoms with E-state index in [1.54, 1.807) is 10.9 Å². The van der Waals surface area contributed by atoms with Crippen molar-refractivity contribution in [1.82, 2.24) is 24.0 Å². The van der Waals surface area contributed by atoms with Crippen LogP contribution < -0.4 is 10.5 Å². The number of fused-ring (bicyclic) bond motifs is 1. The molecule has 3 heterocycles. The molecular formula is C20H22N6O2S. The fourth-order valence-corrected chi connectivity index (χ4v) is 4.42. The molecule has 9 heteroatoms. The Hall–Kier alpha value is -2.81. The van der Waals surface area contributed by atoms with Gasteiger partial charge in [0.2, 0.25) is 0 Å². The van der Waals surface area contributed by atoms with Gasteiger partial charge in [0.1, 0.15) is 4.88 Å². The van der Waals surface area contributed by atoms with E-state index in [4.69, 9.17) is 0 Å². The monoisotopic (exact) mass is 410 g/mol. The first kappa shape index (κ1) is 18.2. The highest BCUT2D eigenvalue weighted by Crippen LogP contribution is 2.30. The van der Waals surface area contributed by atoms with Gasteiger partial charge in [0.15, 0.2) is 0 Å². The van der Waals surface area contributed by atoms with Gasteiger partial charge in [-0.25, -0.2) is 4.98 Å². The Morgan fingerprint density at radius 2 is 2.00 bits per heavy atom. The fourth-order valence-electron chi connectivity index (χ4n) is 3.79. The number of hydrogen-bond donors (Lipinski definition) is 0. The van der Waals surface area contributed by atoms with Gasteiger partial charge in [0, 0.05) is 38.4 Å². The smallest absolute Gasteiger partial charge is 0.267 e. The Balaban J connectivity index is 1.31. The van der Waals surface area contributed by atoms with Crippen LogP contribution in [-0.4, -0.2) is 56.1 Å². The molecule has 1 aromatic carbocycles. The van der Waals surface area contributed by atoms with Gasteiger partial charge in [-0.3, -0.25) is 14.2 Å². The molecule has 1 amide bonds. The van der Waals surface area contributed by atoms with E-state index in [1.165, 1.54) is 12.8 Å². The van der Waals surface area contributed by atoms with Crippen LogP contribution in [0, 0.1) is 12.8 Å². The number of carbonyl (C=O) groups excluding carboxylic acids is 1. The highest BCUT2D eigenvalue weighted by molar-refractivity contribution is 7.07. The van der Waals surface area contributed by atoms with Crippen LogP contribution in [0.15, 0.2) is 29.3 Å². The number of carbonyl (C=O) groups is 1. The SMILES string of the molecule is Cc1nnsc1C(=O)N1CCN(c2ccc3c(=O)n(CC4CC4)cnc3c2)CC1. The van der Waals surface area contributed by atoms with Crippen molar-refractivity contribution in [2.45, 2.75) is 26.3 Å². The first-order valence-corrected chi connectivity index (χ1v) is 10.7. The third kappa shape index (κ3) is 3.50. The molecule has 1 saturated heterocycles. The van der Waals surface area contributed by atoms with E-state index < -0.39 is 0 Å². The molecule has 2 aliphatic rings. The highest BCUT2D eigenvalue weighted by Gasteiger charge is 2.26. The molecule has 29 heavy (non-hydrogen) atoms. The molecule has 3 aromatic rings. The van der Waals surface area contributed by atoms with Crippen LogP contribution in [0.3, 0.4) is 0 Å². The fraction of sp³-hybridized carbons (Fsp3) is 0.450. The number of aromatic nitrogens is 4. The summed E-state index contributed by atoms with van der Waals surface area (Å²) in [4.78, 5) is 34.6. The summed E-state index contributed by atoms with van der Waals surface area (Å²) in [5.41, 5.74) is 2.49. The maximum absolute atomic E-state index is 12.7. The van der Waals surface area contributed by atoms with E-state index in [9.17, 15) is 9.59 Å². The van der Waals surface area contributed by atoms with Crippen molar-refractivity contribution in [3.63, 3.8) is 0 Å². The Bertz CT molecular complexity index is 1130. The molecular weight excluding hydrogens is 388 g/mol. The first-order valence-electron chi connectivity index (χ1n) is 9.92. The van der Waals surface area contributed by atoms with Gasteiger partial charge in [-0.15, -0.1) is 5.10 Å². The maximum atomic E-state index is 12.7. The summed E-state index contributed by atoms with van der Waals surface area (Å²) < 4.78 is 5.60. The molecule has 0 bridgehead atoms. The summed E-state index contributed by atoms with van der Waals surface area (Å²) in [6, 6.07) is 5.85. The molecule has 5 rings (SSSR count). The number of benzene rings is 1. The average Bonchev–Trinajstić information content (AvgIpc) is 3.47. The van der Waals surface area contributed by atoms with Gasteiger partial charge >= 0.3 is 0 Å². The molecule has 2 fully saturated rings. The zero-order valence-electron chi connectivity index (χ0n) is 16.2. The summed E-state index contributed by atoms with van der Waals surface area (Å²) in [7, 11) is 0. The van der Waals surface area contributed by atoms with Crippen LogP contribution in [0.5, 0.6) is 0 Å². The van der Waals surface area contributed by atoms with Gasteiger partial charge < -0.3 is 9.80 Å². The number of aryl methyl sites for hydroxylation is 1. The number of anilines is 1. The summed E-state index contributed by atoms with van der Waals surface area (Å²) >= 11 is 1.15. The standard InChI is InChI=1S/C20H22N6O2S/c1-13-18(29-23-22-13)20(28)25-8-6-24(7-9-25)15-4-5-16-17(10-15)21-12-26(19(16)27)11-14-2-3-14/h4-5,10,12,14H,2-3,6-9,11H2,1H3. The highest BCUT2D eigenvalue weighted by atomic mass is 32.1. The second kappa shape index (κ2) is 7.22. The van der Waals surface area contributed by atoms with Crippen LogP contribution in [-0.2, 0) is 6.54 Å². The summed E-state index contributed by atoms with van der Waals surface area (Å²) in [6.07, 6.45) is 4.09. The molecule has 0 unspecified atom stereocenters. The molecule has 1 aliphatic carbocycles. The summed E-state index contributed by atoms with van der Waals surface area (Å²) in [5, 5.41) is 4.60. The lowest BCUT2D eigenvalue weighted by molar-refractivity contribution is 0.0750. The number of piperazine rings is 1. The predicted octanol–water partition coefficient (Wildman–Crippen LogP) is 1.93. The van der Waals surface area contributed by atoms with Gasteiger partial charge in [0.05, 0.1) is 22.9 Å². The summed E-state index contributed by atoms with van der Waals surface area (Å²) in [6.45, 7) is 5.35. The normalized spacial score (nSPS) is 17.1. The number of rotatable bonds is 4. The number of amides is 1. The Kier molecular flexibility index (Phi) is 4.54. The lowest BCUT2D eigenvalue weighted by atomic mass is 10.2. The van der Waals surface area contributed by atoms with E-state index in [-0.39, 0.29) is 11.5 Å². The van der Waals surface area contributed by atoms with Crippen molar-refractivity contribution in [1.29, 1.82) is 0 Å². The molecule has 2 aromatic heterocycles. The zero-order chi connectivity index (χ0) is 20.0. The molecule has 0 spiro atoms.